The molecule has 0 atom stereocenters. The van der Waals surface area contributed by atoms with E-state index in [0.717, 1.165) is 13.1 Å². The molecule has 0 aliphatic carbocycles. The van der Waals surface area contributed by atoms with Gasteiger partial charge in [0.15, 0.2) is 11.4 Å². The Hall–Kier alpha value is -2.28. The number of hydrogen-bond acceptors (Lipinski definition) is 6. The molecule has 0 bridgehead atoms. The number of hydrogen-bond donors (Lipinski definition) is 1. The first-order chi connectivity index (χ1) is 9.29. The van der Waals surface area contributed by atoms with Crippen molar-refractivity contribution in [3.63, 3.8) is 0 Å². The molecular formula is C12H13N5O2. The molecule has 0 unspecified atom stereocenters. The Morgan fingerprint density at radius 2 is 2.37 bits per heavy atom. The van der Waals surface area contributed by atoms with Crippen molar-refractivity contribution in [3.8, 4) is 5.75 Å². The number of aromatic nitrogens is 4. The van der Waals surface area contributed by atoms with Gasteiger partial charge in [-0.2, -0.15) is 0 Å². The van der Waals surface area contributed by atoms with E-state index in [1.165, 1.54) is 7.11 Å². The van der Waals surface area contributed by atoms with Crippen LogP contribution in [0.3, 0.4) is 0 Å². The zero-order chi connectivity index (χ0) is 13.2. The molecule has 1 aliphatic rings. The molecule has 98 valence electrons. The SMILES string of the molecule is COc1cccnc1C(=O)c1cn(C2CNC2)nn1. The largest absolute Gasteiger partial charge is 0.494 e. The smallest absolute Gasteiger partial charge is 0.237 e. The fraction of sp³-hybridized carbons (Fsp3) is 0.333. The summed E-state index contributed by atoms with van der Waals surface area (Å²) in [5.74, 6) is 0.156. The zero-order valence-corrected chi connectivity index (χ0v) is 10.4. The lowest BCUT2D eigenvalue weighted by atomic mass is 10.1. The standard InChI is InChI=1S/C12H13N5O2/c1-19-10-3-2-4-14-11(10)12(18)9-7-17(16-15-9)8-5-13-6-8/h2-4,7-8,13H,5-6H2,1H3. The fourth-order valence-electron chi connectivity index (χ4n) is 1.87. The van der Waals surface area contributed by atoms with Gasteiger partial charge in [-0.3, -0.25) is 4.79 Å². The molecule has 1 N–H and O–H groups in total. The van der Waals surface area contributed by atoms with Gasteiger partial charge in [0.25, 0.3) is 0 Å². The number of ketones is 1. The summed E-state index contributed by atoms with van der Waals surface area (Å²) in [7, 11) is 1.50. The predicted octanol–water partition coefficient (Wildman–Crippen LogP) is 0.0570. The van der Waals surface area contributed by atoms with E-state index in [2.05, 4.69) is 20.6 Å². The average Bonchev–Trinajstić information content (AvgIpc) is 2.85. The Balaban J connectivity index is 1.88. The Morgan fingerprint density at radius 3 is 3.05 bits per heavy atom. The van der Waals surface area contributed by atoms with E-state index < -0.39 is 0 Å². The van der Waals surface area contributed by atoms with Gasteiger partial charge < -0.3 is 10.1 Å². The number of carbonyl (C=O) groups excluding carboxylic acids is 1. The molecule has 0 aromatic carbocycles. The van der Waals surface area contributed by atoms with Gasteiger partial charge in [-0.05, 0) is 12.1 Å². The zero-order valence-electron chi connectivity index (χ0n) is 10.4. The van der Waals surface area contributed by atoms with E-state index in [0.29, 0.717) is 5.75 Å². The van der Waals surface area contributed by atoms with Crippen LogP contribution in [0.1, 0.15) is 22.2 Å². The first-order valence-corrected chi connectivity index (χ1v) is 5.96. The highest BCUT2D eigenvalue weighted by Crippen LogP contribution is 2.18. The summed E-state index contributed by atoms with van der Waals surface area (Å²) < 4.78 is 6.83. The highest BCUT2D eigenvalue weighted by molar-refractivity contribution is 6.07. The number of pyridine rings is 1. The van der Waals surface area contributed by atoms with Gasteiger partial charge in [-0.15, -0.1) is 5.10 Å². The van der Waals surface area contributed by atoms with Crippen LogP contribution >= 0.6 is 0 Å². The molecule has 7 nitrogen and oxygen atoms in total. The summed E-state index contributed by atoms with van der Waals surface area (Å²) in [5, 5.41) is 11.0. The first-order valence-electron chi connectivity index (χ1n) is 5.96. The molecule has 1 saturated heterocycles. The van der Waals surface area contributed by atoms with Crippen molar-refractivity contribution in [2.75, 3.05) is 20.2 Å². The molecule has 0 spiro atoms. The van der Waals surface area contributed by atoms with E-state index in [1.807, 2.05) is 0 Å². The van der Waals surface area contributed by atoms with Crippen molar-refractivity contribution >= 4 is 5.78 Å². The second kappa shape index (κ2) is 4.77. The molecule has 0 saturated carbocycles. The number of methoxy groups -OCH3 is 1. The summed E-state index contributed by atoms with van der Waals surface area (Å²) in [4.78, 5) is 16.3. The van der Waals surface area contributed by atoms with Crippen LogP contribution in [-0.2, 0) is 0 Å². The van der Waals surface area contributed by atoms with E-state index in [9.17, 15) is 4.79 Å². The van der Waals surface area contributed by atoms with Gasteiger partial charge in [0.1, 0.15) is 5.75 Å². The van der Waals surface area contributed by atoms with Crippen molar-refractivity contribution in [1.29, 1.82) is 0 Å². The Labute approximate surface area is 109 Å². The maximum absolute atomic E-state index is 12.3. The molecule has 0 amide bonds. The van der Waals surface area contributed by atoms with Crippen LogP contribution in [0.25, 0.3) is 0 Å². The fourth-order valence-corrected chi connectivity index (χ4v) is 1.87. The minimum absolute atomic E-state index is 0.254. The third kappa shape index (κ3) is 2.08. The summed E-state index contributed by atoms with van der Waals surface area (Å²) in [5.41, 5.74) is 0.535. The minimum atomic E-state index is -0.281. The lowest BCUT2D eigenvalue weighted by Gasteiger charge is -2.26. The van der Waals surface area contributed by atoms with Crippen molar-refractivity contribution in [1.82, 2.24) is 25.3 Å². The molecule has 0 radical (unpaired) electrons. The summed E-state index contributed by atoms with van der Waals surface area (Å²) >= 11 is 0. The summed E-state index contributed by atoms with van der Waals surface area (Å²) in [6.07, 6.45) is 3.21. The normalized spacial score (nSPS) is 15.0. The maximum atomic E-state index is 12.3. The second-order valence-electron chi connectivity index (χ2n) is 4.28. The van der Waals surface area contributed by atoms with Gasteiger partial charge >= 0.3 is 0 Å². The van der Waals surface area contributed by atoms with E-state index in [-0.39, 0.29) is 23.2 Å². The van der Waals surface area contributed by atoms with Crippen LogP contribution < -0.4 is 10.1 Å². The van der Waals surface area contributed by atoms with Gasteiger partial charge in [0.2, 0.25) is 5.78 Å². The highest BCUT2D eigenvalue weighted by Gasteiger charge is 2.23. The summed E-state index contributed by atoms with van der Waals surface area (Å²) in [6.45, 7) is 1.70. The Morgan fingerprint density at radius 1 is 1.53 bits per heavy atom. The third-order valence-electron chi connectivity index (χ3n) is 3.08. The van der Waals surface area contributed by atoms with Crippen molar-refractivity contribution < 1.29 is 9.53 Å². The summed E-state index contributed by atoms with van der Waals surface area (Å²) in [6, 6.07) is 3.69. The van der Waals surface area contributed by atoms with E-state index in [1.54, 1.807) is 29.2 Å². The molecule has 3 heterocycles. The number of carbonyl (C=O) groups is 1. The number of rotatable bonds is 4. The van der Waals surface area contributed by atoms with Crippen LogP contribution in [0, 0.1) is 0 Å². The number of nitrogens with zero attached hydrogens (tertiary/aromatic N) is 4. The maximum Gasteiger partial charge on any atom is 0.237 e. The Bertz CT molecular complexity index is 606. The molecule has 2 aromatic rings. The minimum Gasteiger partial charge on any atom is -0.494 e. The van der Waals surface area contributed by atoms with Gasteiger partial charge in [0.05, 0.1) is 19.3 Å². The first kappa shape index (κ1) is 11.8. The van der Waals surface area contributed by atoms with Crippen molar-refractivity contribution in [3.05, 3.63) is 35.9 Å². The number of nitrogens with one attached hydrogen (secondary N) is 1. The lowest BCUT2D eigenvalue weighted by Crippen LogP contribution is -2.43. The number of ether oxygens (including phenoxy) is 1. The van der Waals surface area contributed by atoms with Crippen LogP contribution in [0.4, 0.5) is 0 Å². The molecule has 2 aromatic heterocycles. The van der Waals surface area contributed by atoms with Crippen LogP contribution in [-0.4, -0.2) is 46.0 Å². The van der Waals surface area contributed by atoms with Crippen LogP contribution in [0.15, 0.2) is 24.5 Å². The quantitative estimate of drug-likeness (QED) is 0.782. The molecule has 1 fully saturated rings. The van der Waals surface area contributed by atoms with E-state index >= 15 is 0 Å². The highest BCUT2D eigenvalue weighted by atomic mass is 16.5. The molecule has 3 rings (SSSR count). The topological polar surface area (TPSA) is 81.9 Å². The van der Waals surface area contributed by atoms with Crippen molar-refractivity contribution in [2.45, 2.75) is 6.04 Å². The molecular weight excluding hydrogens is 246 g/mol. The average molecular weight is 259 g/mol. The third-order valence-corrected chi connectivity index (χ3v) is 3.08. The second-order valence-corrected chi connectivity index (χ2v) is 4.28. The van der Waals surface area contributed by atoms with Gasteiger partial charge in [-0.25, -0.2) is 9.67 Å². The molecule has 19 heavy (non-hydrogen) atoms. The van der Waals surface area contributed by atoms with Gasteiger partial charge in [-0.1, -0.05) is 5.21 Å². The lowest BCUT2D eigenvalue weighted by molar-refractivity contribution is 0.102. The molecule has 1 aliphatic heterocycles. The van der Waals surface area contributed by atoms with E-state index in [4.69, 9.17) is 4.74 Å². The Kier molecular flexibility index (Phi) is 2.96. The van der Waals surface area contributed by atoms with Crippen LogP contribution in [0.5, 0.6) is 5.75 Å². The molecule has 7 heteroatoms. The van der Waals surface area contributed by atoms with Crippen molar-refractivity contribution in [2.24, 2.45) is 0 Å². The van der Waals surface area contributed by atoms with Gasteiger partial charge in [0, 0.05) is 19.3 Å². The monoisotopic (exact) mass is 259 g/mol. The van der Waals surface area contributed by atoms with Crippen LogP contribution in [0.2, 0.25) is 0 Å². The predicted molar refractivity (Wildman–Crippen MR) is 66.2 cm³/mol.